The Kier molecular flexibility index (Phi) is 5.47. The summed E-state index contributed by atoms with van der Waals surface area (Å²) in [6, 6.07) is 1.34. The van der Waals surface area contributed by atoms with Gasteiger partial charge in [0.1, 0.15) is 0 Å². The Morgan fingerprint density at radius 1 is 1.37 bits per heavy atom. The van der Waals surface area contributed by atoms with E-state index in [1.807, 2.05) is 0 Å². The molecule has 0 saturated heterocycles. The van der Waals surface area contributed by atoms with Crippen LogP contribution in [0.1, 0.15) is 13.3 Å². The third-order valence-electron chi connectivity index (χ3n) is 2.46. The van der Waals surface area contributed by atoms with Crippen LogP contribution in [0.5, 0.6) is 0 Å². The average molecular weight is 310 g/mol. The van der Waals surface area contributed by atoms with E-state index in [-0.39, 0.29) is 18.1 Å². The van der Waals surface area contributed by atoms with E-state index in [4.69, 9.17) is 0 Å². The van der Waals surface area contributed by atoms with E-state index in [0.29, 0.717) is 13.0 Å². The fraction of sp³-hybridized carbons (Fsp3) is 0.667. The van der Waals surface area contributed by atoms with Gasteiger partial charge < -0.3 is 0 Å². The molecule has 1 rings (SSSR count). The maximum absolute atomic E-state index is 11.7. The molecule has 1 aromatic heterocycles. The Labute approximate surface area is 113 Å². The van der Waals surface area contributed by atoms with Gasteiger partial charge >= 0.3 is 0 Å². The van der Waals surface area contributed by atoms with Crippen molar-refractivity contribution in [2.24, 2.45) is 0 Å². The van der Waals surface area contributed by atoms with Crippen LogP contribution in [0.2, 0.25) is 0 Å². The lowest BCUT2D eigenvalue weighted by Crippen LogP contribution is -2.33. The SMILES string of the molecule is CCN(CCCNS(=O)(=O)c1ccn[nH]1)S(C)(=O)=O. The molecule has 0 aliphatic heterocycles. The van der Waals surface area contributed by atoms with Crippen LogP contribution in [0.3, 0.4) is 0 Å². The number of aromatic nitrogens is 2. The lowest BCUT2D eigenvalue weighted by atomic mass is 10.4. The number of hydrogen-bond acceptors (Lipinski definition) is 5. The largest absolute Gasteiger partial charge is 0.266 e. The van der Waals surface area contributed by atoms with Crippen molar-refractivity contribution >= 4 is 20.0 Å². The summed E-state index contributed by atoms with van der Waals surface area (Å²) in [4.78, 5) is 0. The highest BCUT2D eigenvalue weighted by Crippen LogP contribution is 2.03. The molecule has 0 aromatic carbocycles. The van der Waals surface area contributed by atoms with Crippen molar-refractivity contribution in [2.75, 3.05) is 25.9 Å². The highest BCUT2D eigenvalue weighted by molar-refractivity contribution is 7.89. The Hall–Kier alpha value is -0.970. The first-order valence-electron chi connectivity index (χ1n) is 5.71. The monoisotopic (exact) mass is 310 g/mol. The minimum atomic E-state index is -3.59. The molecule has 0 amide bonds. The quantitative estimate of drug-likeness (QED) is 0.620. The van der Waals surface area contributed by atoms with Gasteiger partial charge in [0, 0.05) is 19.6 Å². The zero-order valence-electron chi connectivity index (χ0n) is 10.8. The predicted molar refractivity (Wildman–Crippen MR) is 70.5 cm³/mol. The van der Waals surface area contributed by atoms with Crippen LogP contribution in [-0.2, 0) is 20.0 Å². The Morgan fingerprint density at radius 2 is 2.05 bits per heavy atom. The molecule has 110 valence electrons. The van der Waals surface area contributed by atoms with E-state index in [1.165, 1.54) is 16.6 Å². The standard InChI is InChI=1S/C9H18N4O4S2/c1-3-13(18(2,14)15)8-4-6-11-19(16,17)9-5-7-10-12-9/h5,7,11H,3-4,6,8H2,1-2H3,(H,10,12). The molecule has 0 aliphatic rings. The van der Waals surface area contributed by atoms with Crippen molar-refractivity contribution in [2.45, 2.75) is 18.4 Å². The second kappa shape index (κ2) is 6.46. The van der Waals surface area contributed by atoms with Crippen LogP contribution in [0.15, 0.2) is 17.3 Å². The number of aromatic amines is 1. The molecule has 8 nitrogen and oxygen atoms in total. The number of H-pyrrole nitrogens is 1. The van der Waals surface area contributed by atoms with Crippen molar-refractivity contribution < 1.29 is 16.8 Å². The summed E-state index contributed by atoms with van der Waals surface area (Å²) < 4.78 is 49.7. The number of hydrogen-bond donors (Lipinski definition) is 2. The Bertz CT molecular complexity index is 580. The fourth-order valence-electron chi connectivity index (χ4n) is 1.49. The van der Waals surface area contributed by atoms with Crippen molar-refractivity contribution in [1.82, 2.24) is 19.2 Å². The highest BCUT2D eigenvalue weighted by atomic mass is 32.2. The molecule has 0 radical (unpaired) electrons. The first-order chi connectivity index (χ1) is 8.77. The Morgan fingerprint density at radius 3 is 2.53 bits per heavy atom. The summed E-state index contributed by atoms with van der Waals surface area (Å²) in [5, 5.41) is 5.90. The lowest BCUT2D eigenvalue weighted by Gasteiger charge is -2.17. The van der Waals surface area contributed by atoms with Crippen LogP contribution in [0.4, 0.5) is 0 Å². The number of rotatable bonds is 8. The van der Waals surface area contributed by atoms with Crippen LogP contribution in [-0.4, -0.2) is 57.2 Å². The molecule has 1 aromatic rings. The van der Waals surface area contributed by atoms with E-state index in [2.05, 4.69) is 14.9 Å². The third kappa shape index (κ3) is 4.90. The summed E-state index contributed by atoms with van der Waals surface area (Å²) in [6.07, 6.45) is 2.87. The molecule has 10 heteroatoms. The molecule has 0 aliphatic carbocycles. The first-order valence-corrected chi connectivity index (χ1v) is 9.04. The van der Waals surface area contributed by atoms with E-state index in [9.17, 15) is 16.8 Å². The van der Waals surface area contributed by atoms with Gasteiger partial charge in [-0.3, -0.25) is 5.10 Å². The minimum absolute atomic E-state index is 0.0111. The zero-order chi connectivity index (χ0) is 14.5. The molecule has 0 unspecified atom stereocenters. The topological polar surface area (TPSA) is 112 Å². The summed E-state index contributed by atoms with van der Waals surface area (Å²) in [5.74, 6) is 0. The van der Waals surface area contributed by atoms with Gasteiger partial charge in [-0.2, -0.15) is 5.10 Å². The lowest BCUT2D eigenvalue weighted by molar-refractivity contribution is 0.424. The summed E-state index contributed by atoms with van der Waals surface area (Å²) in [5.41, 5.74) is 0. The molecular formula is C9H18N4O4S2. The van der Waals surface area contributed by atoms with Gasteiger partial charge in [0.2, 0.25) is 10.0 Å². The second-order valence-corrected chi connectivity index (χ2v) is 7.64. The van der Waals surface area contributed by atoms with Gasteiger partial charge in [-0.15, -0.1) is 0 Å². The molecule has 0 fully saturated rings. The number of nitrogens with zero attached hydrogens (tertiary/aromatic N) is 2. The zero-order valence-corrected chi connectivity index (χ0v) is 12.5. The van der Waals surface area contributed by atoms with Crippen LogP contribution < -0.4 is 4.72 Å². The summed E-state index contributed by atoms with van der Waals surface area (Å²) in [7, 11) is -6.83. The number of sulfonamides is 2. The average Bonchev–Trinajstić information content (AvgIpc) is 2.81. The van der Waals surface area contributed by atoms with Crippen molar-refractivity contribution in [3.63, 3.8) is 0 Å². The van der Waals surface area contributed by atoms with Crippen LogP contribution in [0, 0.1) is 0 Å². The minimum Gasteiger partial charge on any atom is -0.266 e. The molecule has 2 N–H and O–H groups in total. The van der Waals surface area contributed by atoms with Gasteiger partial charge in [-0.1, -0.05) is 6.92 Å². The maximum atomic E-state index is 11.7. The van der Waals surface area contributed by atoms with E-state index < -0.39 is 20.0 Å². The molecule has 0 atom stereocenters. The molecule has 19 heavy (non-hydrogen) atoms. The second-order valence-electron chi connectivity index (χ2n) is 3.93. The molecule has 1 heterocycles. The number of nitrogens with one attached hydrogen (secondary N) is 2. The fourth-order valence-corrected chi connectivity index (χ4v) is 3.40. The third-order valence-corrected chi connectivity index (χ3v) is 5.23. The van der Waals surface area contributed by atoms with E-state index in [0.717, 1.165) is 6.26 Å². The molecule has 0 bridgehead atoms. The highest BCUT2D eigenvalue weighted by Gasteiger charge is 2.16. The smallest absolute Gasteiger partial charge is 0.257 e. The van der Waals surface area contributed by atoms with Crippen LogP contribution >= 0.6 is 0 Å². The molecule has 0 saturated carbocycles. The van der Waals surface area contributed by atoms with Gasteiger partial charge in [0.25, 0.3) is 10.0 Å². The maximum Gasteiger partial charge on any atom is 0.257 e. The molecular weight excluding hydrogens is 292 g/mol. The Balaban J connectivity index is 2.44. The van der Waals surface area contributed by atoms with Gasteiger partial charge in [-0.25, -0.2) is 25.9 Å². The molecule has 0 spiro atoms. The van der Waals surface area contributed by atoms with E-state index in [1.54, 1.807) is 6.92 Å². The van der Waals surface area contributed by atoms with Gasteiger partial charge in [0.05, 0.1) is 12.5 Å². The first kappa shape index (κ1) is 16.1. The van der Waals surface area contributed by atoms with Gasteiger partial charge in [0.15, 0.2) is 5.03 Å². The van der Waals surface area contributed by atoms with Crippen molar-refractivity contribution in [1.29, 1.82) is 0 Å². The van der Waals surface area contributed by atoms with Crippen molar-refractivity contribution in [3.8, 4) is 0 Å². The normalized spacial score (nSPS) is 13.0. The van der Waals surface area contributed by atoms with Crippen LogP contribution in [0.25, 0.3) is 0 Å². The predicted octanol–water partition coefficient (Wildman–Crippen LogP) is -0.640. The summed E-state index contributed by atoms with van der Waals surface area (Å²) >= 11 is 0. The summed E-state index contributed by atoms with van der Waals surface area (Å²) in [6.45, 7) is 2.54. The van der Waals surface area contributed by atoms with Crippen molar-refractivity contribution in [3.05, 3.63) is 12.3 Å². The van der Waals surface area contributed by atoms with E-state index >= 15 is 0 Å². The van der Waals surface area contributed by atoms with Gasteiger partial charge in [-0.05, 0) is 12.5 Å².